The monoisotopic (exact) mass is 452 g/mol. The first kappa shape index (κ1) is 8.52. The van der Waals surface area contributed by atoms with Crippen molar-refractivity contribution in [2.75, 3.05) is 9.80 Å². The zero-order valence-corrected chi connectivity index (χ0v) is 17.6. The first-order chi connectivity index (χ1) is 24.3. The molecular weight excluding hydrogens is 411 g/mol. The summed E-state index contributed by atoms with van der Waals surface area (Å²) in [4.78, 5) is 2.24. The van der Waals surface area contributed by atoms with Crippen LogP contribution in [0.3, 0.4) is 0 Å². The van der Waals surface area contributed by atoms with Gasteiger partial charge in [-0.15, -0.1) is 0 Å². The molecule has 34 heavy (non-hydrogen) atoms. The second-order valence-electron chi connectivity index (χ2n) is 7.79. The fourth-order valence-electron chi connectivity index (χ4n) is 4.68. The Morgan fingerprint density at radius 1 is 0.529 bits per heavy atom. The third kappa shape index (κ3) is 2.70. The highest BCUT2D eigenvalue weighted by molar-refractivity contribution is 7.00. The Bertz CT molecular complexity index is 2280. The molecule has 7 rings (SSSR count). The largest absolute Gasteiger partial charge is 0.311 e. The van der Waals surface area contributed by atoms with Crippen molar-refractivity contribution in [1.82, 2.24) is 0 Å². The number of benzene rings is 5. The van der Waals surface area contributed by atoms with E-state index in [4.69, 9.17) is 21.9 Å². The van der Waals surface area contributed by atoms with E-state index in [-0.39, 0.29) is 39.1 Å². The summed E-state index contributed by atoms with van der Waals surface area (Å²) < 4.78 is 157. The highest BCUT2D eigenvalue weighted by Gasteiger charge is 2.42. The van der Waals surface area contributed by atoms with Gasteiger partial charge in [0.1, 0.15) is 0 Å². The SMILES string of the molecule is [2H]c1c([2H])c([2H])c(N2c3cc(C)cc4c3B(c3c([2H])c([2H])c([2H])c([2H])c32)c2c([2H])c([2H])c([2H])c([2H])c2N4c2c([2H])c([2H])c([2H])c([2H])c2[2H])c([2H])c1[2H]. The molecule has 0 amide bonds. The first-order valence-electron chi connectivity index (χ1n) is 19.4. The molecule has 0 unspecified atom stereocenters. The molecule has 2 nitrogen and oxygen atoms in total. The quantitative estimate of drug-likeness (QED) is 0.294. The summed E-state index contributed by atoms with van der Waals surface area (Å²) in [6, 6.07) is -9.61. The average molecular weight is 452 g/mol. The van der Waals surface area contributed by atoms with Gasteiger partial charge < -0.3 is 9.80 Å². The smallest absolute Gasteiger partial charge is 0.252 e. The molecule has 160 valence electrons. The van der Waals surface area contributed by atoms with E-state index in [9.17, 15) is 2.74 Å². The molecule has 5 aromatic carbocycles. The summed E-state index contributed by atoms with van der Waals surface area (Å²) in [6.45, 7) is 0.192. The highest BCUT2D eigenvalue weighted by Crippen LogP contribution is 2.43. The maximum absolute atomic E-state index is 9.17. The Labute approximate surface area is 226 Å². The lowest BCUT2D eigenvalue weighted by atomic mass is 9.33. The van der Waals surface area contributed by atoms with Gasteiger partial charge in [-0.25, -0.2) is 0 Å². The van der Waals surface area contributed by atoms with Crippen LogP contribution in [0.15, 0.2) is 121 Å². The molecule has 2 heterocycles. The molecule has 0 saturated carbocycles. The Kier molecular flexibility index (Phi) is 1.85. The minimum absolute atomic E-state index is 0.00601. The Morgan fingerprint density at radius 3 is 1.41 bits per heavy atom. The van der Waals surface area contributed by atoms with Crippen molar-refractivity contribution in [2.24, 2.45) is 0 Å². The van der Waals surface area contributed by atoms with Gasteiger partial charge in [-0.05, 0) is 77.3 Å². The lowest BCUT2D eigenvalue weighted by Crippen LogP contribution is -2.61. The fraction of sp³-hybridized carbons (Fsp3) is 0.0323. The summed E-state index contributed by atoms with van der Waals surface area (Å²) in [5.41, 5.74) is -1.59. The molecule has 0 bridgehead atoms. The van der Waals surface area contributed by atoms with E-state index in [2.05, 4.69) is 0 Å². The predicted octanol–water partition coefficient (Wildman–Crippen LogP) is 6.08. The molecule has 0 aliphatic carbocycles. The number of nitrogens with zero attached hydrogens (tertiary/aromatic N) is 2. The summed E-state index contributed by atoms with van der Waals surface area (Å²) in [5.74, 6) is 0. The molecule has 0 radical (unpaired) electrons. The maximum Gasteiger partial charge on any atom is 0.252 e. The molecule has 0 N–H and O–H groups in total. The van der Waals surface area contributed by atoms with E-state index in [1.165, 1.54) is 12.1 Å². The Balaban J connectivity index is 1.79. The molecule has 0 saturated heterocycles. The minimum atomic E-state index is -1.42. The van der Waals surface area contributed by atoms with Crippen LogP contribution in [0.5, 0.6) is 0 Å². The first-order valence-corrected chi connectivity index (χ1v) is 10.4. The van der Waals surface area contributed by atoms with Crippen molar-refractivity contribution in [3.05, 3.63) is 126 Å². The van der Waals surface area contributed by atoms with Crippen molar-refractivity contribution < 1.29 is 24.7 Å². The molecule has 2 aliphatic rings. The summed E-state index contributed by atoms with van der Waals surface area (Å²) in [5, 5.41) is 0. The molecule has 0 aromatic heterocycles. The number of hydrogen-bond acceptors (Lipinski definition) is 2. The van der Waals surface area contributed by atoms with Crippen molar-refractivity contribution in [2.45, 2.75) is 6.92 Å². The van der Waals surface area contributed by atoms with E-state index in [1.807, 2.05) is 0 Å². The van der Waals surface area contributed by atoms with Crippen LogP contribution in [-0.4, -0.2) is 6.71 Å². The summed E-state index contributed by atoms with van der Waals surface area (Å²) >= 11 is 0. The number of aryl methyl sites for hydroxylation is 1. The second-order valence-corrected chi connectivity index (χ2v) is 7.79. The van der Waals surface area contributed by atoms with Crippen molar-refractivity contribution in [3.8, 4) is 0 Å². The van der Waals surface area contributed by atoms with Crippen LogP contribution < -0.4 is 26.2 Å². The second kappa shape index (κ2) is 7.39. The van der Waals surface area contributed by atoms with Crippen LogP contribution in [0.2, 0.25) is 0 Å². The Hall–Kier alpha value is -4.24. The number of hydrogen-bond donors (Lipinski definition) is 0. The minimum Gasteiger partial charge on any atom is -0.311 e. The van der Waals surface area contributed by atoms with Crippen LogP contribution in [0.1, 0.15) is 30.2 Å². The number of fused-ring (bicyclic) bond motifs is 4. The molecule has 0 spiro atoms. The number of anilines is 6. The van der Waals surface area contributed by atoms with Gasteiger partial charge in [-0.1, -0.05) is 72.5 Å². The lowest BCUT2D eigenvalue weighted by Gasteiger charge is -2.44. The van der Waals surface area contributed by atoms with Crippen LogP contribution in [-0.2, 0) is 0 Å². The summed E-state index contributed by atoms with van der Waals surface area (Å²) in [6.07, 6.45) is 0. The molecule has 0 fully saturated rings. The van der Waals surface area contributed by atoms with E-state index in [0.29, 0.717) is 5.56 Å². The van der Waals surface area contributed by atoms with E-state index >= 15 is 0 Å². The molecule has 0 atom stereocenters. The average Bonchev–Trinajstić information content (AvgIpc) is 3.11. The van der Waals surface area contributed by atoms with Crippen LogP contribution in [0.25, 0.3) is 0 Å². The topological polar surface area (TPSA) is 6.48 Å². The zero-order chi connectivity index (χ0) is 38.3. The van der Waals surface area contributed by atoms with Crippen molar-refractivity contribution in [1.29, 1.82) is 0 Å². The normalized spacial score (nSPS) is 20.7. The molecular formula is C31H23BN2. The molecule has 3 heteroatoms. The third-order valence-electron chi connectivity index (χ3n) is 5.89. The highest BCUT2D eigenvalue weighted by atomic mass is 15.2. The van der Waals surface area contributed by atoms with E-state index in [1.54, 1.807) is 6.92 Å². The lowest BCUT2D eigenvalue weighted by molar-refractivity contribution is 1.24. The Morgan fingerprint density at radius 2 is 0.941 bits per heavy atom. The van der Waals surface area contributed by atoms with Gasteiger partial charge in [-0.2, -0.15) is 0 Å². The predicted molar refractivity (Wildman–Crippen MR) is 145 cm³/mol. The van der Waals surface area contributed by atoms with Gasteiger partial charge in [-0.3, -0.25) is 0 Å². The van der Waals surface area contributed by atoms with Gasteiger partial charge >= 0.3 is 0 Å². The van der Waals surface area contributed by atoms with Crippen molar-refractivity contribution in [3.63, 3.8) is 0 Å². The number of rotatable bonds is 2. The summed E-state index contributed by atoms with van der Waals surface area (Å²) in [7, 11) is 0. The van der Waals surface area contributed by atoms with Crippen LogP contribution in [0.4, 0.5) is 34.1 Å². The zero-order valence-electron chi connectivity index (χ0n) is 35.6. The fourth-order valence-corrected chi connectivity index (χ4v) is 4.68. The van der Waals surface area contributed by atoms with Crippen LogP contribution in [0, 0.1) is 6.92 Å². The van der Waals surface area contributed by atoms with E-state index in [0.717, 1.165) is 9.80 Å². The van der Waals surface area contributed by atoms with Gasteiger partial charge in [0.2, 0.25) is 0 Å². The van der Waals surface area contributed by atoms with Gasteiger partial charge in [0.05, 0.1) is 24.7 Å². The van der Waals surface area contributed by atoms with Crippen molar-refractivity contribution >= 4 is 57.2 Å². The number of para-hydroxylation sites is 4. The molecule has 5 aromatic rings. The molecule has 2 aliphatic heterocycles. The van der Waals surface area contributed by atoms with Gasteiger partial charge in [0.15, 0.2) is 0 Å². The van der Waals surface area contributed by atoms with Gasteiger partial charge in [0, 0.05) is 34.1 Å². The third-order valence-corrected chi connectivity index (χ3v) is 5.89. The maximum atomic E-state index is 9.17. The standard InChI is InChI=1S/C31H23BN2/c1-22-20-29-31-30(21-22)34(24-14-6-3-7-15-24)28-19-11-9-17-26(28)32(31)25-16-8-10-18-27(25)33(29)23-12-4-2-5-13-23/h2-21H,1H3/i2D,3D,4D,5D,6D,7D,8D,9D,10D,11D,12D,13D,14D,15D,16D,17D,18D,19D. The van der Waals surface area contributed by atoms with E-state index < -0.39 is 127 Å². The van der Waals surface area contributed by atoms with Gasteiger partial charge in [0.25, 0.3) is 6.71 Å². The van der Waals surface area contributed by atoms with Crippen LogP contribution >= 0.6 is 0 Å².